The van der Waals surface area contributed by atoms with E-state index in [9.17, 15) is 18.7 Å². The normalized spacial score (nSPS) is 18.9. The lowest BCUT2D eigenvalue weighted by atomic mass is 9.90. The number of ether oxygens (including phenoxy) is 1. The minimum absolute atomic E-state index is 0.0105. The standard InChI is InChI=1S/C27H31F3N4O3/c1-8-26(37-7)19-13-20-17(12-21(19)34(6)24(26)35)23(33-15(3)32-20)31-14(2)16-10-9-11-18(22(16)28)27(29,30)25(4,5)36/h9-14,36H,8H2,1-7H3,(H,31,32,33). The van der Waals surface area contributed by atoms with Crippen LogP contribution in [0.3, 0.4) is 0 Å². The van der Waals surface area contributed by atoms with Crippen LogP contribution in [-0.4, -0.2) is 40.7 Å². The Morgan fingerprint density at radius 1 is 1.24 bits per heavy atom. The summed E-state index contributed by atoms with van der Waals surface area (Å²) in [6, 6.07) is 6.52. The second-order valence-corrected chi connectivity index (χ2v) is 9.96. The summed E-state index contributed by atoms with van der Waals surface area (Å²) < 4.78 is 50.7. The first-order valence-electron chi connectivity index (χ1n) is 12.0. The van der Waals surface area contributed by atoms with Gasteiger partial charge in [-0.25, -0.2) is 14.4 Å². The SMILES string of the molecule is CCC1(OC)C(=O)N(C)c2cc3c(NC(C)c4cccc(C(F)(F)C(C)(C)O)c4F)nc(C)nc3cc21. The molecule has 0 aliphatic carbocycles. The fourth-order valence-electron chi connectivity index (χ4n) is 4.91. The third kappa shape index (κ3) is 4.02. The monoisotopic (exact) mass is 516 g/mol. The van der Waals surface area contributed by atoms with Crippen LogP contribution < -0.4 is 10.2 Å². The minimum atomic E-state index is -3.81. The molecule has 7 nitrogen and oxygen atoms in total. The number of carbonyl (C=O) groups is 1. The summed E-state index contributed by atoms with van der Waals surface area (Å²) in [5, 5.41) is 13.7. The van der Waals surface area contributed by atoms with E-state index in [-0.39, 0.29) is 11.5 Å². The first-order valence-corrected chi connectivity index (χ1v) is 12.0. The van der Waals surface area contributed by atoms with Crippen LogP contribution in [-0.2, 0) is 21.1 Å². The van der Waals surface area contributed by atoms with E-state index in [1.165, 1.54) is 24.1 Å². The molecule has 2 N–H and O–H groups in total. The molecule has 10 heteroatoms. The number of aryl methyl sites for hydroxylation is 1. The summed E-state index contributed by atoms with van der Waals surface area (Å²) >= 11 is 0. The number of alkyl halides is 2. The number of carbonyl (C=O) groups excluding carboxylic acids is 1. The number of amides is 1. The van der Waals surface area contributed by atoms with Crippen molar-refractivity contribution in [3.63, 3.8) is 0 Å². The summed E-state index contributed by atoms with van der Waals surface area (Å²) in [4.78, 5) is 23.6. The fraction of sp³-hybridized carbons (Fsp3) is 0.444. The van der Waals surface area contributed by atoms with Gasteiger partial charge in [-0.2, -0.15) is 8.78 Å². The molecule has 0 bridgehead atoms. The molecular weight excluding hydrogens is 485 g/mol. The van der Waals surface area contributed by atoms with Gasteiger partial charge < -0.3 is 20.1 Å². The summed E-state index contributed by atoms with van der Waals surface area (Å²) in [7, 11) is 3.16. The molecule has 3 aromatic rings. The smallest absolute Gasteiger partial charge is 0.303 e. The lowest BCUT2D eigenvalue weighted by Gasteiger charge is -2.30. The largest absolute Gasteiger partial charge is 0.384 e. The van der Waals surface area contributed by atoms with Crippen molar-refractivity contribution in [3.8, 4) is 0 Å². The Morgan fingerprint density at radius 3 is 2.51 bits per heavy atom. The van der Waals surface area contributed by atoms with Crippen molar-refractivity contribution < 1.29 is 27.8 Å². The summed E-state index contributed by atoms with van der Waals surface area (Å²) in [6.07, 6.45) is 0.433. The van der Waals surface area contributed by atoms with Gasteiger partial charge in [-0.15, -0.1) is 0 Å². The van der Waals surface area contributed by atoms with E-state index in [1.807, 2.05) is 6.92 Å². The quantitative estimate of drug-likeness (QED) is 0.441. The van der Waals surface area contributed by atoms with E-state index in [4.69, 9.17) is 4.74 Å². The lowest BCUT2D eigenvalue weighted by Crippen LogP contribution is -2.41. The number of benzene rings is 2. The van der Waals surface area contributed by atoms with Crippen LogP contribution >= 0.6 is 0 Å². The maximum Gasteiger partial charge on any atom is 0.303 e. The van der Waals surface area contributed by atoms with Crippen molar-refractivity contribution in [2.75, 3.05) is 24.4 Å². The molecule has 0 fully saturated rings. The van der Waals surface area contributed by atoms with Gasteiger partial charge in [0.05, 0.1) is 22.8 Å². The number of nitrogens with one attached hydrogen (secondary N) is 1. The third-order valence-corrected chi connectivity index (χ3v) is 7.17. The Labute approximate surface area is 213 Å². The Hall–Kier alpha value is -3.24. The highest BCUT2D eigenvalue weighted by Crippen LogP contribution is 2.46. The summed E-state index contributed by atoms with van der Waals surface area (Å²) in [6.45, 7) is 7.08. The van der Waals surface area contributed by atoms with Gasteiger partial charge in [-0.05, 0) is 52.3 Å². The zero-order valence-electron chi connectivity index (χ0n) is 21.9. The molecule has 4 rings (SSSR count). The number of halogens is 3. The number of methoxy groups -OCH3 is 1. The van der Waals surface area contributed by atoms with E-state index in [0.29, 0.717) is 40.2 Å². The molecule has 0 saturated heterocycles. The van der Waals surface area contributed by atoms with E-state index in [2.05, 4.69) is 15.3 Å². The number of fused-ring (bicyclic) bond motifs is 2. The molecule has 1 aliphatic heterocycles. The van der Waals surface area contributed by atoms with Crippen molar-refractivity contribution in [2.45, 2.75) is 64.2 Å². The number of likely N-dealkylation sites (N-methyl/N-ethyl adjacent to an activating group) is 1. The maximum absolute atomic E-state index is 15.4. The Bertz CT molecular complexity index is 1380. The molecule has 0 radical (unpaired) electrons. The lowest BCUT2D eigenvalue weighted by molar-refractivity contribution is -0.170. The maximum atomic E-state index is 15.4. The minimum Gasteiger partial charge on any atom is -0.384 e. The molecule has 2 aromatic carbocycles. The van der Waals surface area contributed by atoms with Crippen LogP contribution in [0.25, 0.3) is 10.9 Å². The Morgan fingerprint density at radius 2 is 1.92 bits per heavy atom. The van der Waals surface area contributed by atoms with Crippen LogP contribution in [0.15, 0.2) is 30.3 Å². The van der Waals surface area contributed by atoms with Crippen LogP contribution in [0.5, 0.6) is 0 Å². The number of aliphatic hydroxyl groups is 1. The molecule has 0 saturated carbocycles. The average molecular weight is 517 g/mol. The van der Waals surface area contributed by atoms with Gasteiger partial charge in [-0.1, -0.05) is 19.1 Å². The number of anilines is 2. The van der Waals surface area contributed by atoms with Crippen molar-refractivity contribution >= 4 is 28.3 Å². The van der Waals surface area contributed by atoms with Gasteiger partial charge in [0, 0.05) is 30.7 Å². The Kier molecular flexibility index (Phi) is 6.49. The van der Waals surface area contributed by atoms with E-state index >= 15 is 4.39 Å². The molecule has 1 amide bonds. The van der Waals surface area contributed by atoms with E-state index in [0.717, 1.165) is 19.9 Å². The van der Waals surface area contributed by atoms with E-state index < -0.39 is 34.5 Å². The molecule has 198 valence electrons. The zero-order chi connectivity index (χ0) is 27.5. The predicted octanol–water partition coefficient (Wildman–Crippen LogP) is 5.34. The number of rotatable bonds is 7. The third-order valence-electron chi connectivity index (χ3n) is 7.17. The van der Waals surface area contributed by atoms with Crippen molar-refractivity contribution in [3.05, 3.63) is 58.7 Å². The molecule has 1 aliphatic rings. The highest BCUT2D eigenvalue weighted by atomic mass is 19.3. The average Bonchev–Trinajstić information content (AvgIpc) is 3.03. The van der Waals surface area contributed by atoms with Gasteiger partial charge in [0.2, 0.25) is 0 Å². The van der Waals surface area contributed by atoms with Crippen LogP contribution in [0.1, 0.15) is 62.7 Å². The van der Waals surface area contributed by atoms with E-state index in [1.54, 1.807) is 33.0 Å². The van der Waals surface area contributed by atoms with Gasteiger partial charge in [0.15, 0.2) is 5.60 Å². The van der Waals surface area contributed by atoms with Crippen molar-refractivity contribution in [2.24, 2.45) is 0 Å². The topological polar surface area (TPSA) is 87.6 Å². The molecule has 37 heavy (non-hydrogen) atoms. The van der Waals surface area contributed by atoms with Crippen molar-refractivity contribution in [1.82, 2.24) is 9.97 Å². The number of hydrogen-bond donors (Lipinski definition) is 2. The highest BCUT2D eigenvalue weighted by Gasteiger charge is 2.50. The van der Waals surface area contributed by atoms with Gasteiger partial charge in [0.25, 0.3) is 5.91 Å². The van der Waals surface area contributed by atoms with Crippen LogP contribution in [0, 0.1) is 12.7 Å². The van der Waals surface area contributed by atoms with Crippen molar-refractivity contribution in [1.29, 1.82) is 0 Å². The number of aromatic nitrogens is 2. The second kappa shape index (κ2) is 8.95. The number of hydrogen-bond acceptors (Lipinski definition) is 6. The van der Waals surface area contributed by atoms with Gasteiger partial charge in [0.1, 0.15) is 23.1 Å². The zero-order valence-corrected chi connectivity index (χ0v) is 21.9. The predicted molar refractivity (Wildman–Crippen MR) is 135 cm³/mol. The summed E-state index contributed by atoms with van der Waals surface area (Å²) in [5.41, 5.74) is -2.57. The Balaban J connectivity index is 1.81. The number of nitrogens with zero attached hydrogens (tertiary/aromatic N) is 3. The van der Waals surface area contributed by atoms with Crippen LogP contribution in [0.4, 0.5) is 24.7 Å². The molecule has 2 atom stereocenters. The first kappa shape index (κ1) is 26.8. The second-order valence-electron chi connectivity index (χ2n) is 9.96. The van der Waals surface area contributed by atoms with Gasteiger partial charge in [-0.3, -0.25) is 4.79 Å². The molecule has 1 aromatic heterocycles. The molecule has 2 heterocycles. The molecule has 2 unspecified atom stereocenters. The summed E-state index contributed by atoms with van der Waals surface area (Å²) in [5.74, 6) is -4.31. The highest BCUT2D eigenvalue weighted by molar-refractivity contribution is 6.09. The fourth-order valence-corrected chi connectivity index (χ4v) is 4.91. The molecule has 0 spiro atoms. The first-order chi connectivity index (χ1) is 17.2. The van der Waals surface area contributed by atoms with Gasteiger partial charge >= 0.3 is 5.92 Å². The molecular formula is C27H31F3N4O3. The van der Waals surface area contributed by atoms with Crippen LogP contribution in [0.2, 0.25) is 0 Å².